The first-order valence-corrected chi connectivity index (χ1v) is 19.8. The maximum Gasteiger partial charge on any atom is 0.552 e. The Hall–Kier alpha value is -3.80. The molecule has 2 heterocycles. The Morgan fingerprint density at radius 3 is 2.30 bits per heavy atom. The standard InChI is InChI=1S/C41H63BN4O7/c1-8-11-14-20-31(10-3)33-26-44-34(27-43-33)39(49)45-32(22-21-30-18-15-13-16-19-30)38(48)46-36(24-29(4)5)42-52-35(40(50)53-42)25-37(47)51-28-41(6,7)23-17-12-9-2/h13,15-16,18-19,26-27,29,31-32,35-36H,8-12,14,17,20-25,28H2,1-7H3,(H,45,49)(H,46,48)/t31?,32-,35-,36-/m0/s1. The third kappa shape index (κ3) is 15.2. The van der Waals surface area contributed by atoms with Gasteiger partial charge in [-0.2, -0.15) is 0 Å². The van der Waals surface area contributed by atoms with Crippen LogP contribution in [0.1, 0.15) is 153 Å². The summed E-state index contributed by atoms with van der Waals surface area (Å²) in [5.74, 6) is -2.52. The quantitative estimate of drug-likeness (QED) is 0.0644. The van der Waals surface area contributed by atoms with Crippen LogP contribution in [0.3, 0.4) is 0 Å². The van der Waals surface area contributed by atoms with Crippen molar-refractivity contribution in [1.29, 1.82) is 0 Å². The van der Waals surface area contributed by atoms with Crippen LogP contribution in [0.5, 0.6) is 0 Å². The van der Waals surface area contributed by atoms with Crippen LogP contribution in [0, 0.1) is 11.3 Å². The van der Waals surface area contributed by atoms with Crippen LogP contribution in [0.2, 0.25) is 0 Å². The minimum atomic E-state index is -1.14. The number of rotatable bonds is 24. The zero-order valence-electron chi connectivity index (χ0n) is 33.2. The molecule has 12 heteroatoms. The monoisotopic (exact) mass is 734 g/mol. The zero-order valence-corrected chi connectivity index (χ0v) is 33.2. The van der Waals surface area contributed by atoms with Gasteiger partial charge in [-0.1, -0.05) is 117 Å². The van der Waals surface area contributed by atoms with Gasteiger partial charge in [-0.15, -0.1) is 0 Å². The molecule has 1 aromatic carbocycles. The molecule has 4 atom stereocenters. The van der Waals surface area contributed by atoms with Gasteiger partial charge in [0.1, 0.15) is 11.7 Å². The first kappa shape index (κ1) is 43.6. The van der Waals surface area contributed by atoms with Crippen molar-refractivity contribution in [3.05, 3.63) is 59.7 Å². The van der Waals surface area contributed by atoms with Crippen LogP contribution >= 0.6 is 0 Å². The first-order chi connectivity index (χ1) is 25.3. The van der Waals surface area contributed by atoms with Gasteiger partial charge in [0.15, 0.2) is 6.10 Å². The van der Waals surface area contributed by atoms with Gasteiger partial charge >= 0.3 is 19.1 Å². The molecular weight excluding hydrogens is 671 g/mol. The SMILES string of the molecule is CCCCCC(CC)c1cnc(C(=O)N[C@@H](CCc2ccccc2)C(=O)N[C@@H](CC(C)C)B2OC(=O)[C@H](CC(=O)OCC(C)(C)CCCCC)O2)cn1. The summed E-state index contributed by atoms with van der Waals surface area (Å²) < 4.78 is 17.1. The number of hydrogen-bond donors (Lipinski definition) is 2. The van der Waals surface area contributed by atoms with Gasteiger partial charge in [-0.25, -0.2) is 4.98 Å². The summed E-state index contributed by atoms with van der Waals surface area (Å²) in [4.78, 5) is 62.1. The highest BCUT2D eigenvalue weighted by atomic mass is 16.7. The first-order valence-electron chi connectivity index (χ1n) is 19.8. The van der Waals surface area contributed by atoms with Crippen molar-refractivity contribution in [2.45, 2.75) is 156 Å². The second-order valence-corrected chi connectivity index (χ2v) is 15.6. The number of hydrogen-bond acceptors (Lipinski definition) is 9. The lowest BCUT2D eigenvalue weighted by atomic mass is 9.74. The van der Waals surface area contributed by atoms with Crippen molar-refractivity contribution < 1.29 is 33.2 Å². The summed E-state index contributed by atoms with van der Waals surface area (Å²) in [7, 11) is -1.11. The number of esters is 1. The lowest BCUT2D eigenvalue weighted by Gasteiger charge is -2.25. The van der Waals surface area contributed by atoms with Crippen molar-refractivity contribution in [2.75, 3.05) is 6.61 Å². The van der Waals surface area contributed by atoms with Crippen LogP contribution in [0.25, 0.3) is 0 Å². The van der Waals surface area contributed by atoms with E-state index in [0.717, 1.165) is 69.0 Å². The number of nitrogens with zero attached hydrogens (tertiary/aromatic N) is 2. The molecule has 2 amide bonds. The van der Waals surface area contributed by atoms with Gasteiger partial charge in [0.2, 0.25) is 5.91 Å². The molecule has 292 valence electrons. The molecule has 1 unspecified atom stereocenters. The fourth-order valence-electron chi connectivity index (χ4n) is 6.51. The number of unbranched alkanes of at least 4 members (excludes halogenated alkanes) is 4. The smallest absolute Gasteiger partial charge is 0.506 e. The lowest BCUT2D eigenvalue weighted by Crippen LogP contribution is -2.55. The van der Waals surface area contributed by atoms with Crippen LogP contribution in [0.15, 0.2) is 42.7 Å². The minimum Gasteiger partial charge on any atom is -0.506 e. The van der Waals surface area contributed by atoms with E-state index in [1.807, 2.05) is 44.2 Å². The van der Waals surface area contributed by atoms with E-state index < -0.39 is 49.0 Å². The molecule has 3 rings (SSSR count). The normalized spacial score (nSPS) is 16.2. The summed E-state index contributed by atoms with van der Waals surface area (Å²) in [6.45, 7) is 14.8. The fraction of sp³-hybridized carbons (Fsp3) is 0.659. The van der Waals surface area contributed by atoms with Crippen molar-refractivity contribution >= 4 is 30.9 Å². The van der Waals surface area contributed by atoms with Crippen molar-refractivity contribution in [2.24, 2.45) is 11.3 Å². The molecule has 0 aliphatic carbocycles. The Kier molecular flexibility index (Phi) is 18.5. The van der Waals surface area contributed by atoms with E-state index in [4.69, 9.17) is 14.0 Å². The Bertz CT molecular complexity index is 1420. The molecular formula is C41H63BN4O7. The second kappa shape index (κ2) is 22.4. The maximum atomic E-state index is 14.0. The number of ether oxygens (including phenoxy) is 1. The van der Waals surface area contributed by atoms with E-state index in [0.29, 0.717) is 19.3 Å². The van der Waals surface area contributed by atoms with E-state index in [1.165, 1.54) is 6.20 Å². The summed E-state index contributed by atoms with van der Waals surface area (Å²) in [5, 5.41) is 5.87. The predicted molar refractivity (Wildman–Crippen MR) is 207 cm³/mol. The van der Waals surface area contributed by atoms with Gasteiger partial charge in [0.05, 0.1) is 30.9 Å². The molecule has 1 fully saturated rings. The molecule has 0 spiro atoms. The Morgan fingerprint density at radius 1 is 0.943 bits per heavy atom. The molecule has 53 heavy (non-hydrogen) atoms. The van der Waals surface area contributed by atoms with Crippen LogP contribution < -0.4 is 10.6 Å². The third-order valence-electron chi connectivity index (χ3n) is 9.77. The second-order valence-electron chi connectivity index (χ2n) is 15.6. The van der Waals surface area contributed by atoms with Gasteiger partial charge in [-0.3, -0.25) is 24.2 Å². The topological polar surface area (TPSA) is 146 Å². The number of aromatic nitrogens is 2. The van der Waals surface area contributed by atoms with Gasteiger partial charge in [0, 0.05) is 12.1 Å². The van der Waals surface area contributed by atoms with Crippen molar-refractivity contribution in [3.63, 3.8) is 0 Å². The average molecular weight is 735 g/mol. The number of nitrogens with one attached hydrogen (secondary N) is 2. The van der Waals surface area contributed by atoms with Crippen LogP contribution in [-0.2, 0) is 34.9 Å². The predicted octanol–water partition coefficient (Wildman–Crippen LogP) is 7.32. The van der Waals surface area contributed by atoms with Crippen LogP contribution in [-0.4, -0.2) is 65.5 Å². The van der Waals surface area contributed by atoms with E-state index in [1.54, 1.807) is 6.20 Å². The molecule has 1 aliphatic rings. The molecule has 11 nitrogen and oxygen atoms in total. The molecule has 1 aliphatic heterocycles. The molecule has 2 N–H and O–H groups in total. The molecule has 0 radical (unpaired) electrons. The largest absolute Gasteiger partial charge is 0.552 e. The summed E-state index contributed by atoms with van der Waals surface area (Å²) >= 11 is 0. The number of amides is 2. The highest BCUT2D eigenvalue weighted by Gasteiger charge is 2.47. The number of carbonyl (C=O) groups is 4. The summed E-state index contributed by atoms with van der Waals surface area (Å²) in [6.07, 6.45) is 12.6. The van der Waals surface area contributed by atoms with E-state index in [-0.39, 0.29) is 36.0 Å². The molecule has 0 bridgehead atoms. The van der Waals surface area contributed by atoms with Gasteiger partial charge in [0.25, 0.3) is 5.91 Å². The van der Waals surface area contributed by atoms with Crippen molar-refractivity contribution in [3.8, 4) is 0 Å². The fourth-order valence-corrected chi connectivity index (χ4v) is 6.51. The highest BCUT2D eigenvalue weighted by molar-refractivity contribution is 6.51. The summed E-state index contributed by atoms with van der Waals surface area (Å²) in [6, 6.07) is 8.79. The number of aryl methyl sites for hydroxylation is 1. The molecule has 1 saturated heterocycles. The number of benzene rings is 1. The zero-order chi connectivity index (χ0) is 38.8. The summed E-state index contributed by atoms with van der Waals surface area (Å²) in [5.41, 5.74) is 1.83. The third-order valence-corrected chi connectivity index (χ3v) is 9.77. The Balaban J connectivity index is 1.69. The van der Waals surface area contributed by atoms with Gasteiger partial charge < -0.3 is 24.7 Å². The average Bonchev–Trinajstić information content (AvgIpc) is 3.50. The Morgan fingerprint density at radius 2 is 1.66 bits per heavy atom. The molecule has 2 aromatic rings. The van der Waals surface area contributed by atoms with E-state index in [2.05, 4.69) is 55.2 Å². The Labute approximate surface area is 317 Å². The van der Waals surface area contributed by atoms with Crippen LogP contribution in [0.4, 0.5) is 0 Å². The molecule has 1 aromatic heterocycles. The minimum absolute atomic E-state index is 0.0987. The van der Waals surface area contributed by atoms with E-state index in [9.17, 15) is 19.2 Å². The highest BCUT2D eigenvalue weighted by Crippen LogP contribution is 2.26. The van der Waals surface area contributed by atoms with E-state index >= 15 is 0 Å². The molecule has 0 saturated carbocycles. The lowest BCUT2D eigenvalue weighted by molar-refractivity contribution is -0.152. The van der Waals surface area contributed by atoms with Gasteiger partial charge in [-0.05, 0) is 55.4 Å². The maximum absolute atomic E-state index is 14.0. The van der Waals surface area contributed by atoms with Crippen molar-refractivity contribution in [1.82, 2.24) is 20.6 Å². The number of carbonyl (C=O) groups excluding carboxylic acids is 4.